The molecule has 5 heteroatoms. The average Bonchev–Trinajstić information content (AvgIpc) is 3.29. The molecule has 2 unspecified atom stereocenters. The van der Waals surface area contributed by atoms with E-state index in [1.54, 1.807) is 0 Å². The lowest BCUT2D eigenvalue weighted by molar-refractivity contribution is -0.156. The maximum absolute atomic E-state index is 12.9. The Morgan fingerprint density at radius 1 is 1.15 bits per heavy atom. The summed E-state index contributed by atoms with van der Waals surface area (Å²) in [4.78, 5) is 29.4. The molecular formula is C15H23N3O2. The summed E-state index contributed by atoms with van der Waals surface area (Å²) in [6, 6.07) is 0.258. The van der Waals surface area contributed by atoms with Crippen LogP contribution in [-0.2, 0) is 9.59 Å². The Morgan fingerprint density at radius 3 is 2.40 bits per heavy atom. The standard InChI is InChI=1S/C15H23N3O2/c1-15(11-2-3-11)14(20)18(9-13(19)16-15)12-8-17-6-4-10(12)5-7-17/h10-12H,2-9H2,1H3,(H,16,19). The number of nitrogens with one attached hydrogen (secondary N) is 1. The number of hydrogen-bond acceptors (Lipinski definition) is 3. The molecule has 4 aliphatic heterocycles. The molecule has 1 aliphatic carbocycles. The maximum Gasteiger partial charge on any atom is 0.249 e. The van der Waals surface area contributed by atoms with E-state index in [0.717, 1.165) is 32.5 Å². The van der Waals surface area contributed by atoms with Gasteiger partial charge in [0.15, 0.2) is 0 Å². The molecule has 4 heterocycles. The van der Waals surface area contributed by atoms with Gasteiger partial charge in [-0.3, -0.25) is 9.59 Å². The summed E-state index contributed by atoms with van der Waals surface area (Å²) in [7, 11) is 0. The van der Waals surface area contributed by atoms with Crippen molar-refractivity contribution in [1.29, 1.82) is 0 Å². The second kappa shape index (κ2) is 4.20. The quantitative estimate of drug-likeness (QED) is 0.785. The van der Waals surface area contributed by atoms with Crippen LogP contribution >= 0.6 is 0 Å². The lowest BCUT2D eigenvalue weighted by Crippen LogP contribution is -2.71. The van der Waals surface area contributed by atoms with Crippen LogP contribution in [0.1, 0.15) is 32.6 Å². The molecule has 5 nitrogen and oxygen atoms in total. The number of carbonyl (C=O) groups excluding carboxylic acids is 2. The van der Waals surface area contributed by atoms with Crippen molar-refractivity contribution in [2.24, 2.45) is 11.8 Å². The summed E-state index contributed by atoms with van der Waals surface area (Å²) in [5.41, 5.74) is -0.638. The average molecular weight is 277 g/mol. The molecule has 2 bridgehead atoms. The molecule has 1 N–H and O–H groups in total. The summed E-state index contributed by atoms with van der Waals surface area (Å²) >= 11 is 0. The summed E-state index contributed by atoms with van der Waals surface area (Å²) < 4.78 is 0. The molecule has 110 valence electrons. The Morgan fingerprint density at radius 2 is 1.85 bits per heavy atom. The number of rotatable bonds is 2. The topological polar surface area (TPSA) is 52.7 Å². The second-order valence-corrected chi connectivity index (χ2v) is 7.16. The Labute approximate surface area is 119 Å². The van der Waals surface area contributed by atoms with Gasteiger partial charge in [0, 0.05) is 12.6 Å². The van der Waals surface area contributed by atoms with Crippen molar-refractivity contribution in [2.45, 2.75) is 44.2 Å². The minimum absolute atomic E-state index is 0.0236. The van der Waals surface area contributed by atoms with Crippen molar-refractivity contribution < 1.29 is 9.59 Å². The molecule has 0 aromatic rings. The van der Waals surface area contributed by atoms with Crippen LogP contribution in [0.2, 0.25) is 0 Å². The summed E-state index contributed by atoms with van der Waals surface area (Å²) in [6.07, 6.45) is 4.49. The zero-order valence-corrected chi connectivity index (χ0v) is 12.1. The normalized spacial score (nSPS) is 44.6. The van der Waals surface area contributed by atoms with Crippen molar-refractivity contribution in [3.05, 3.63) is 0 Å². The third-order valence-corrected chi connectivity index (χ3v) is 5.83. The first kappa shape index (κ1) is 12.6. The number of hydrogen-bond donors (Lipinski definition) is 1. The van der Waals surface area contributed by atoms with Gasteiger partial charge in [0.25, 0.3) is 0 Å². The van der Waals surface area contributed by atoms with E-state index in [1.807, 2.05) is 11.8 Å². The van der Waals surface area contributed by atoms with Gasteiger partial charge in [0.1, 0.15) is 5.54 Å². The molecule has 5 aliphatic rings. The van der Waals surface area contributed by atoms with Crippen molar-refractivity contribution in [3.8, 4) is 0 Å². The highest BCUT2D eigenvalue weighted by Gasteiger charge is 2.55. The minimum atomic E-state index is -0.638. The number of piperidine rings is 3. The van der Waals surface area contributed by atoms with E-state index in [-0.39, 0.29) is 24.4 Å². The van der Waals surface area contributed by atoms with Gasteiger partial charge in [0.2, 0.25) is 11.8 Å². The van der Waals surface area contributed by atoms with Gasteiger partial charge in [-0.05, 0) is 57.5 Å². The van der Waals surface area contributed by atoms with E-state index in [9.17, 15) is 9.59 Å². The Bertz CT molecular complexity index is 454. The summed E-state index contributed by atoms with van der Waals surface area (Å²) in [5, 5.41) is 2.97. The summed E-state index contributed by atoms with van der Waals surface area (Å²) in [5.74, 6) is 1.13. The van der Waals surface area contributed by atoms with Gasteiger partial charge < -0.3 is 15.1 Å². The Hall–Kier alpha value is -1.10. The first-order chi connectivity index (χ1) is 9.58. The van der Waals surface area contributed by atoms with Gasteiger partial charge in [-0.1, -0.05) is 0 Å². The van der Waals surface area contributed by atoms with Gasteiger partial charge >= 0.3 is 0 Å². The number of nitrogens with zero attached hydrogens (tertiary/aromatic N) is 2. The molecule has 20 heavy (non-hydrogen) atoms. The predicted molar refractivity (Wildman–Crippen MR) is 73.9 cm³/mol. The van der Waals surface area contributed by atoms with Crippen molar-refractivity contribution in [2.75, 3.05) is 26.2 Å². The second-order valence-electron chi connectivity index (χ2n) is 7.16. The van der Waals surface area contributed by atoms with Crippen LogP contribution in [0.5, 0.6) is 0 Å². The van der Waals surface area contributed by atoms with E-state index in [4.69, 9.17) is 0 Å². The number of piperazine rings is 1. The van der Waals surface area contributed by atoms with Crippen LogP contribution in [0.4, 0.5) is 0 Å². The molecule has 0 aromatic heterocycles. The van der Waals surface area contributed by atoms with Gasteiger partial charge in [-0.15, -0.1) is 0 Å². The Balaban J connectivity index is 1.60. The fourth-order valence-electron chi connectivity index (χ4n) is 4.40. The summed E-state index contributed by atoms with van der Waals surface area (Å²) in [6.45, 7) is 5.48. The highest BCUT2D eigenvalue weighted by Crippen LogP contribution is 2.43. The molecule has 5 fully saturated rings. The van der Waals surface area contributed by atoms with Gasteiger partial charge in [-0.2, -0.15) is 0 Å². The number of fused-ring (bicyclic) bond motifs is 3. The number of carbonyl (C=O) groups is 2. The van der Waals surface area contributed by atoms with E-state index >= 15 is 0 Å². The van der Waals surface area contributed by atoms with E-state index in [0.29, 0.717) is 11.8 Å². The first-order valence-electron chi connectivity index (χ1n) is 7.92. The minimum Gasteiger partial charge on any atom is -0.340 e. The highest BCUT2D eigenvalue weighted by atomic mass is 16.2. The molecule has 2 amide bonds. The van der Waals surface area contributed by atoms with Crippen LogP contribution in [0.15, 0.2) is 0 Å². The molecular weight excluding hydrogens is 254 g/mol. The van der Waals surface area contributed by atoms with Crippen molar-refractivity contribution >= 4 is 11.8 Å². The lowest BCUT2D eigenvalue weighted by atomic mass is 9.81. The van der Waals surface area contributed by atoms with Crippen molar-refractivity contribution in [1.82, 2.24) is 15.1 Å². The molecule has 1 saturated carbocycles. The fourth-order valence-corrected chi connectivity index (χ4v) is 4.40. The van der Waals surface area contributed by atoms with Crippen molar-refractivity contribution in [3.63, 3.8) is 0 Å². The van der Waals surface area contributed by atoms with E-state index < -0.39 is 5.54 Å². The highest BCUT2D eigenvalue weighted by molar-refractivity contribution is 5.98. The molecule has 2 atom stereocenters. The third-order valence-electron chi connectivity index (χ3n) is 5.83. The third kappa shape index (κ3) is 1.79. The Kier molecular flexibility index (Phi) is 2.65. The molecule has 4 saturated heterocycles. The largest absolute Gasteiger partial charge is 0.340 e. The molecule has 0 radical (unpaired) electrons. The van der Waals surface area contributed by atoms with Crippen LogP contribution in [0, 0.1) is 11.8 Å². The predicted octanol–water partition coefficient (Wildman–Crippen LogP) is 0.208. The van der Waals surface area contributed by atoms with E-state index in [2.05, 4.69) is 10.2 Å². The van der Waals surface area contributed by atoms with Crippen LogP contribution in [0.25, 0.3) is 0 Å². The smallest absolute Gasteiger partial charge is 0.249 e. The number of amides is 2. The molecule has 0 aromatic carbocycles. The van der Waals surface area contributed by atoms with Crippen LogP contribution < -0.4 is 5.32 Å². The van der Waals surface area contributed by atoms with Crippen LogP contribution in [-0.4, -0.2) is 59.4 Å². The fraction of sp³-hybridized carbons (Fsp3) is 0.867. The van der Waals surface area contributed by atoms with E-state index in [1.165, 1.54) is 12.8 Å². The molecule has 0 spiro atoms. The zero-order valence-electron chi connectivity index (χ0n) is 12.1. The lowest BCUT2D eigenvalue weighted by Gasteiger charge is -2.52. The van der Waals surface area contributed by atoms with Crippen LogP contribution in [0.3, 0.4) is 0 Å². The SMILES string of the molecule is CC1(C2CC2)NC(=O)CN(C2CN3CCC2CC3)C1=O. The van der Waals surface area contributed by atoms with Gasteiger partial charge in [0.05, 0.1) is 6.54 Å². The molecule has 5 rings (SSSR count). The zero-order chi connectivity index (χ0) is 13.9. The maximum atomic E-state index is 12.9. The monoisotopic (exact) mass is 277 g/mol. The van der Waals surface area contributed by atoms with Gasteiger partial charge in [-0.25, -0.2) is 0 Å². The first-order valence-corrected chi connectivity index (χ1v) is 7.92.